The molecule has 0 aliphatic carbocycles. The van der Waals surface area contributed by atoms with Crippen molar-refractivity contribution in [1.82, 2.24) is 14.7 Å². The van der Waals surface area contributed by atoms with Crippen molar-refractivity contribution >= 4 is 23.0 Å². The molecule has 0 aliphatic rings. The van der Waals surface area contributed by atoms with Crippen LogP contribution in [0.2, 0.25) is 0 Å². The smallest absolute Gasteiger partial charge is 0.134 e. The van der Waals surface area contributed by atoms with Gasteiger partial charge in [-0.2, -0.15) is 5.10 Å². The molecule has 0 spiro atoms. The van der Waals surface area contributed by atoms with E-state index in [0.29, 0.717) is 11.0 Å². The largest absolute Gasteiger partial charge is 0.389 e. The molecule has 1 rings (SSSR count). The summed E-state index contributed by atoms with van der Waals surface area (Å²) >= 11 is 5.07. The van der Waals surface area contributed by atoms with Crippen LogP contribution in [0.5, 0.6) is 0 Å². The first-order valence-corrected chi connectivity index (χ1v) is 6.53. The number of nitrogens with two attached hydrogens (primary N) is 1. The number of thiocarbonyl (C=S) groups is 1. The summed E-state index contributed by atoms with van der Waals surface area (Å²) in [5, 5.41) is 7.70. The number of rotatable bonds is 6. The van der Waals surface area contributed by atoms with Gasteiger partial charge in [-0.05, 0) is 27.8 Å². The van der Waals surface area contributed by atoms with E-state index in [-0.39, 0.29) is 0 Å². The summed E-state index contributed by atoms with van der Waals surface area (Å²) in [6, 6.07) is 0.537. The van der Waals surface area contributed by atoms with Gasteiger partial charge in [-0.25, -0.2) is 0 Å². The molecule has 102 valence electrons. The van der Waals surface area contributed by atoms with E-state index in [1.54, 1.807) is 4.68 Å². The van der Waals surface area contributed by atoms with Gasteiger partial charge in [0, 0.05) is 26.2 Å². The highest BCUT2D eigenvalue weighted by molar-refractivity contribution is 7.80. The second-order valence-corrected chi connectivity index (χ2v) is 5.24. The normalized spacial score (nSPS) is 11.3. The maximum absolute atomic E-state index is 5.74. The van der Waals surface area contributed by atoms with Gasteiger partial charge in [-0.1, -0.05) is 12.2 Å². The Balaban J connectivity index is 2.70. The Bertz CT molecular complexity index is 424. The molecule has 1 aromatic heterocycles. The summed E-state index contributed by atoms with van der Waals surface area (Å²) < 4.78 is 1.79. The van der Waals surface area contributed by atoms with Crippen molar-refractivity contribution in [3.8, 4) is 0 Å². The Hall–Kier alpha value is -1.14. The van der Waals surface area contributed by atoms with Crippen molar-refractivity contribution < 1.29 is 0 Å². The lowest BCUT2D eigenvalue weighted by molar-refractivity contribution is 0.284. The number of nitrogens with zero attached hydrogens (tertiary/aromatic N) is 3. The van der Waals surface area contributed by atoms with E-state index in [2.05, 4.69) is 36.2 Å². The Kier molecular flexibility index (Phi) is 5.10. The fourth-order valence-electron chi connectivity index (χ4n) is 1.76. The van der Waals surface area contributed by atoms with Gasteiger partial charge >= 0.3 is 0 Å². The van der Waals surface area contributed by atoms with E-state index < -0.39 is 0 Å². The molecule has 0 aromatic carbocycles. The molecule has 0 saturated carbocycles. The maximum atomic E-state index is 5.74. The number of likely N-dealkylation sites (N-methyl/N-ethyl adjacent to an activating group) is 1. The van der Waals surface area contributed by atoms with Gasteiger partial charge in [0.1, 0.15) is 10.8 Å². The van der Waals surface area contributed by atoms with Gasteiger partial charge in [-0.3, -0.25) is 4.68 Å². The van der Waals surface area contributed by atoms with Gasteiger partial charge in [0.25, 0.3) is 0 Å². The molecule has 0 saturated heterocycles. The highest BCUT2D eigenvalue weighted by Crippen LogP contribution is 2.18. The average molecular weight is 269 g/mol. The number of anilines is 1. The number of aryl methyl sites for hydroxylation is 2. The minimum atomic E-state index is 0.389. The molecule has 6 heteroatoms. The van der Waals surface area contributed by atoms with Crippen LogP contribution in [0.1, 0.15) is 25.1 Å². The van der Waals surface area contributed by atoms with Crippen LogP contribution in [0.4, 0.5) is 5.82 Å². The second kappa shape index (κ2) is 6.15. The van der Waals surface area contributed by atoms with E-state index in [1.807, 2.05) is 14.0 Å². The molecule has 0 radical (unpaired) electrons. The van der Waals surface area contributed by atoms with Crippen LogP contribution in [0.15, 0.2) is 0 Å². The van der Waals surface area contributed by atoms with Crippen molar-refractivity contribution in [2.75, 3.05) is 25.5 Å². The van der Waals surface area contributed by atoms with Crippen molar-refractivity contribution in [2.24, 2.45) is 12.8 Å². The zero-order valence-electron chi connectivity index (χ0n) is 11.8. The lowest BCUT2D eigenvalue weighted by atomic mass is 10.2. The Morgan fingerprint density at radius 3 is 2.67 bits per heavy atom. The zero-order valence-corrected chi connectivity index (χ0v) is 12.6. The maximum Gasteiger partial charge on any atom is 0.134 e. The average Bonchev–Trinajstić information content (AvgIpc) is 2.53. The number of hydrogen-bond acceptors (Lipinski definition) is 4. The summed E-state index contributed by atoms with van der Waals surface area (Å²) in [7, 11) is 4.00. The zero-order chi connectivity index (χ0) is 13.9. The molecular formula is C12H23N5S. The van der Waals surface area contributed by atoms with Crippen molar-refractivity contribution in [3.05, 3.63) is 11.3 Å². The van der Waals surface area contributed by atoms with E-state index in [4.69, 9.17) is 18.0 Å². The number of nitrogens with one attached hydrogen (secondary N) is 1. The molecule has 0 aliphatic heterocycles. The quantitative estimate of drug-likeness (QED) is 0.758. The van der Waals surface area contributed by atoms with Gasteiger partial charge in [0.15, 0.2) is 0 Å². The minimum absolute atomic E-state index is 0.389. The highest BCUT2D eigenvalue weighted by Gasteiger charge is 2.15. The predicted molar refractivity (Wildman–Crippen MR) is 80.1 cm³/mol. The van der Waals surface area contributed by atoms with Crippen LogP contribution in [-0.4, -0.2) is 45.8 Å². The molecule has 0 amide bonds. The predicted octanol–water partition coefficient (Wildman–Crippen LogP) is 1.11. The van der Waals surface area contributed by atoms with Gasteiger partial charge in [-0.15, -0.1) is 0 Å². The molecule has 0 atom stereocenters. The molecule has 0 unspecified atom stereocenters. The van der Waals surface area contributed by atoms with E-state index in [9.17, 15) is 0 Å². The van der Waals surface area contributed by atoms with Crippen molar-refractivity contribution in [1.29, 1.82) is 0 Å². The van der Waals surface area contributed by atoms with Gasteiger partial charge in [0.05, 0.1) is 11.3 Å². The molecule has 1 heterocycles. The summed E-state index contributed by atoms with van der Waals surface area (Å²) in [6.07, 6.45) is 0. The van der Waals surface area contributed by atoms with Crippen LogP contribution in [0.25, 0.3) is 0 Å². The summed E-state index contributed by atoms with van der Waals surface area (Å²) in [4.78, 5) is 2.66. The number of hydrogen-bond donors (Lipinski definition) is 2. The van der Waals surface area contributed by atoms with Gasteiger partial charge < -0.3 is 16.0 Å². The van der Waals surface area contributed by atoms with Crippen LogP contribution in [0, 0.1) is 6.92 Å². The van der Waals surface area contributed by atoms with Crippen LogP contribution >= 0.6 is 12.2 Å². The van der Waals surface area contributed by atoms with E-state index in [0.717, 1.165) is 30.2 Å². The van der Waals surface area contributed by atoms with Crippen LogP contribution in [0.3, 0.4) is 0 Å². The molecule has 0 fully saturated rings. The van der Waals surface area contributed by atoms with E-state index >= 15 is 0 Å². The van der Waals surface area contributed by atoms with Gasteiger partial charge in [0.2, 0.25) is 0 Å². The molecule has 3 N–H and O–H groups in total. The first-order valence-electron chi connectivity index (χ1n) is 6.12. The fraction of sp³-hybridized carbons (Fsp3) is 0.667. The Morgan fingerprint density at radius 1 is 1.56 bits per heavy atom. The van der Waals surface area contributed by atoms with Crippen LogP contribution in [-0.2, 0) is 7.05 Å². The highest BCUT2D eigenvalue weighted by atomic mass is 32.1. The molecule has 18 heavy (non-hydrogen) atoms. The van der Waals surface area contributed by atoms with Crippen molar-refractivity contribution in [2.45, 2.75) is 26.8 Å². The topological polar surface area (TPSA) is 59.1 Å². The lowest BCUT2D eigenvalue weighted by Gasteiger charge is -2.21. The van der Waals surface area contributed by atoms with Crippen LogP contribution < -0.4 is 11.1 Å². The third-order valence-electron chi connectivity index (χ3n) is 3.11. The monoisotopic (exact) mass is 269 g/mol. The summed E-state index contributed by atoms with van der Waals surface area (Å²) in [5.41, 5.74) is 7.45. The third-order valence-corrected chi connectivity index (χ3v) is 3.31. The Labute approximate surface area is 114 Å². The number of aromatic nitrogens is 2. The summed E-state index contributed by atoms with van der Waals surface area (Å²) in [5.74, 6) is 0.900. The molecular weight excluding hydrogens is 246 g/mol. The first-order chi connectivity index (χ1) is 8.34. The van der Waals surface area contributed by atoms with E-state index in [1.165, 1.54) is 0 Å². The summed E-state index contributed by atoms with van der Waals surface area (Å²) in [6.45, 7) is 8.06. The molecule has 5 nitrogen and oxygen atoms in total. The first kappa shape index (κ1) is 14.9. The minimum Gasteiger partial charge on any atom is -0.389 e. The fourth-order valence-corrected chi connectivity index (χ4v) is 2.01. The standard InChI is InChI=1S/C12H23N5S/c1-8(2)16(4)7-6-14-12-10(11(13)18)9(3)15-17(12)5/h8,14H,6-7H2,1-5H3,(H2,13,18). The lowest BCUT2D eigenvalue weighted by Crippen LogP contribution is -2.31. The third kappa shape index (κ3) is 3.43. The Morgan fingerprint density at radius 2 is 2.17 bits per heavy atom. The second-order valence-electron chi connectivity index (χ2n) is 4.80. The van der Waals surface area contributed by atoms with Crippen molar-refractivity contribution in [3.63, 3.8) is 0 Å². The molecule has 1 aromatic rings. The SMILES string of the molecule is Cc1nn(C)c(NCCN(C)C(C)C)c1C(N)=S. The molecule has 0 bridgehead atoms.